The Morgan fingerprint density at radius 3 is 0.886 bits per heavy atom. The van der Waals surface area contributed by atoms with Gasteiger partial charge >= 0.3 is 0 Å². The van der Waals surface area contributed by atoms with Crippen molar-refractivity contribution in [2.75, 3.05) is 9.80 Å². The Morgan fingerprint density at radius 1 is 0.215 bits per heavy atom. The van der Waals surface area contributed by atoms with Crippen molar-refractivity contribution in [1.82, 2.24) is 0 Å². The van der Waals surface area contributed by atoms with E-state index in [1.54, 1.807) is 0 Å². The Bertz CT molecular complexity index is 4560. The molecule has 0 aliphatic carbocycles. The summed E-state index contributed by atoms with van der Waals surface area (Å²) in [6.07, 6.45) is 0. The van der Waals surface area contributed by atoms with Gasteiger partial charge in [0.1, 0.15) is 33.5 Å². The third-order valence-electron chi connectivity index (χ3n) is 17.2. The summed E-state index contributed by atoms with van der Waals surface area (Å²) in [6, 6.07) is 103. The predicted molar refractivity (Wildman–Crippen MR) is 332 cm³/mol. The van der Waals surface area contributed by atoms with Gasteiger partial charge in [-0.3, -0.25) is 0 Å². The lowest BCUT2D eigenvalue weighted by Gasteiger charge is -2.45. The maximum Gasteiger partial charge on any atom is 0.184 e. The maximum atomic E-state index is 6.79. The normalized spacial score (nSPS) is 14.2. The van der Waals surface area contributed by atoms with Crippen LogP contribution in [0.5, 0.6) is 0 Å². The number of hydrogen-bond acceptors (Lipinski definition) is 5. The van der Waals surface area contributed by atoms with Crippen molar-refractivity contribution in [3.8, 4) is 0 Å². The molecular formula is C72H46N2O3Si2. The van der Waals surface area contributed by atoms with Crippen LogP contribution in [0, 0.1) is 0 Å². The van der Waals surface area contributed by atoms with Crippen LogP contribution in [-0.2, 0) is 0 Å². The minimum Gasteiger partial charge on any atom is -0.456 e. The number of fused-ring (bicyclic) bond motifs is 13. The van der Waals surface area contributed by atoms with Gasteiger partial charge in [-0.2, -0.15) is 0 Å². The maximum absolute atomic E-state index is 6.79. The molecule has 3 aromatic heterocycles. The Labute approximate surface area is 457 Å². The number of para-hydroxylation sites is 6. The van der Waals surface area contributed by atoms with Crippen molar-refractivity contribution in [3.05, 3.63) is 279 Å². The van der Waals surface area contributed by atoms with E-state index in [0.29, 0.717) is 0 Å². The molecule has 0 fully saturated rings. The van der Waals surface area contributed by atoms with Crippen LogP contribution in [0.4, 0.5) is 34.1 Å². The highest BCUT2D eigenvalue weighted by atomic mass is 28.3. The number of furan rings is 3. The molecule has 5 nitrogen and oxygen atoms in total. The SMILES string of the molecule is c1ccc([Si]2(c3ccc4oc5ccccc5c4c3)c3ccccc3N(c3ccc4oc5ccc(N6c7ccccc7[Si](c7ccccc7)(c7ccc8oc9ccccc9c8c7)c7ccccc76)cc5c4c3)c3ccccc32)cc1. The van der Waals surface area contributed by atoms with Crippen LogP contribution < -0.4 is 51.3 Å². The molecule has 7 heteroatoms. The fourth-order valence-electron chi connectivity index (χ4n) is 14.0. The lowest BCUT2D eigenvalue weighted by Crippen LogP contribution is -2.77. The number of rotatable bonds is 6. The second kappa shape index (κ2) is 16.8. The summed E-state index contributed by atoms with van der Waals surface area (Å²) >= 11 is 0. The molecular weight excluding hydrogens is 997 g/mol. The van der Waals surface area contributed by atoms with Crippen LogP contribution in [0.2, 0.25) is 0 Å². The van der Waals surface area contributed by atoms with Gasteiger partial charge in [0.2, 0.25) is 0 Å². The zero-order chi connectivity index (χ0) is 51.8. The quantitative estimate of drug-likeness (QED) is 0.155. The van der Waals surface area contributed by atoms with E-state index in [9.17, 15) is 0 Å². The number of benzene rings is 12. The standard InChI is InChI=1S/C72H46N2O3Si2/c1-3-19-49(20-4-1)78(51-37-41-67-57(45-51)53-23-7-13-29-63(53)75-67)69-31-15-9-25-59(69)73(60-26-10-16-32-70(60)78)47-35-39-65-55(43-47)56-44-48(36-40-66(56)77-65)74-61-27-11-17-33-71(61)79(50-21-5-2-6-22-50,72-34-18-12-28-62(72)74)52-38-42-68-58(46-52)54-24-8-14-30-64(54)76-68/h1-46H. The van der Waals surface area contributed by atoms with Gasteiger partial charge in [-0.15, -0.1) is 0 Å². The first-order valence-electron chi connectivity index (χ1n) is 27.1. The van der Waals surface area contributed by atoms with E-state index in [1.807, 2.05) is 12.1 Å². The molecule has 0 spiro atoms. The van der Waals surface area contributed by atoms with E-state index >= 15 is 0 Å². The van der Waals surface area contributed by atoms with Gasteiger partial charge in [-0.25, -0.2) is 0 Å². The summed E-state index contributed by atoms with van der Waals surface area (Å²) in [6.45, 7) is 0. The van der Waals surface area contributed by atoms with E-state index in [4.69, 9.17) is 13.3 Å². The van der Waals surface area contributed by atoms with Gasteiger partial charge in [-0.1, -0.05) is 194 Å². The van der Waals surface area contributed by atoms with Crippen molar-refractivity contribution in [1.29, 1.82) is 0 Å². The first-order chi connectivity index (χ1) is 39.2. The minimum absolute atomic E-state index is 0.847. The van der Waals surface area contributed by atoms with Gasteiger partial charge in [-0.05, 0) is 126 Å². The summed E-state index contributed by atoms with van der Waals surface area (Å²) in [5, 5.41) is 17.3. The van der Waals surface area contributed by atoms with E-state index in [2.05, 4.69) is 277 Å². The monoisotopic (exact) mass is 1040 g/mol. The summed E-state index contributed by atoms with van der Waals surface area (Å²) in [5.41, 5.74) is 12.1. The molecule has 0 N–H and O–H groups in total. The third-order valence-corrected chi connectivity index (χ3v) is 26.9. The topological polar surface area (TPSA) is 45.9 Å². The van der Waals surface area contributed by atoms with Gasteiger partial charge in [0.25, 0.3) is 0 Å². The largest absolute Gasteiger partial charge is 0.456 e. The molecule has 2 aliphatic rings. The van der Waals surface area contributed by atoms with Crippen LogP contribution in [-0.4, -0.2) is 16.1 Å². The molecule has 2 aliphatic heterocycles. The lowest BCUT2D eigenvalue weighted by molar-refractivity contribution is 0.668. The molecule has 12 aromatic carbocycles. The highest BCUT2D eigenvalue weighted by Crippen LogP contribution is 2.45. The molecule has 5 heterocycles. The molecule has 0 saturated heterocycles. The van der Waals surface area contributed by atoms with Crippen molar-refractivity contribution >= 4 is 158 Å². The average Bonchev–Trinajstić information content (AvgIpc) is 4.36. The molecule has 17 rings (SSSR count). The smallest absolute Gasteiger partial charge is 0.184 e. The van der Waals surface area contributed by atoms with Crippen LogP contribution >= 0.6 is 0 Å². The Hall–Kier alpha value is -9.93. The van der Waals surface area contributed by atoms with Crippen molar-refractivity contribution in [3.63, 3.8) is 0 Å². The van der Waals surface area contributed by atoms with Crippen molar-refractivity contribution in [2.45, 2.75) is 0 Å². The predicted octanol–water partition coefficient (Wildman–Crippen LogP) is 13.7. The number of nitrogens with zero attached hydrogens (tertiary/aromatic N) is 2. The fourth-order valence-corrected chi connectivity index (χ4v) is 24.2. The minimum atomic E-state index is -2.98. The molecule has 0 unspecified atom stereocenters. The zero-order valence-corrected chi connectivity index (χ0v) is 44.7. The van der Waals surface area contributed by atoms with Gasteiger partial charge < -0.3 is 23.1 Å². The third kappa shape index (κ3) is 6.14. The van der Waals surface area contributed by atoms with Gasteiger partial charge in [0.05, 0.1) is 0 Å². The molecule has 0 atom stereocenters. The molecule has 0 bridgehead atoms. The van der Waals surface area contributed by atoms with Crippen molar-refractivity contribution in [2.24, 2.45) is 0 Å². The van der Waals surface area contributed by atoms with Crippen molar-refractivity contribution < 1.29 is 13.3 Å². The molecule has 15 aromatic rings. The van der Waals surface area contributed by atoms with E-state index in [1.165, 1.54) is 64.2 Å². The summed E-state index contributed by atoms with van der Waals surface area (Å²) in [4.78, 5) is 4.97. The molecule has 0 saturated carbocycles. The molecule has 370 valence electrons. The van der Waals surface area contributed by atoms with Crippen LogP contribution in [0.15, 0.2) is 292 Å². The molecule has 0 radical (unpaired) electrons. The van der Waals surface area contributed by atoms with Crippen LogP contribution in [0.3, 0.4) is 0 Å². The summed E-state index contributed by atoms with van der Waals surface area (Å²) in [5.74, 6) is 0. The zero-order valence-electron chi connectivity index (χ0n) is 42.7. The van der Waals surface area contributed by atoms with E-state index < -0.39 is 16.1 Å². The van der Waals surface area contributed by atoms with Gasteiger partial charge in [0.15, 0.2) is 16.1 Å². The number of anilines is 6. The summed E-state index contributed by atoms with van der Waals surface area (Å²) < 4.78 is 19.7. The average molecular weight is 1040 g/mol. The highest BCUT2D eigenvalue weighted by Gasteiger charge is 2.51. The first-order valence-corrected chi connectivity index (χ1v) is 31.1. The Balaban J connectivity index is 0.847. The molecule has 0 amide bonds. The van der Waals surface area contributed by atoms with Gasteiger partial charge in [0, 0.05) is 66.4 Å². The first kappa shape index (κ1) is 44.2. The number of hydrogen-bond donors (Lipinski definition) is 0. The molecule has 79 heavy (non-hydrogen) atoms. The van der Waals surface area contributed by atoms with E-state index in [0.717, 1.165) is 77.2 Å². The van der Waals surface area contributed by atoms with Crippen LogP contribution in [0.1, 0.15) is 0 Å². The fraction of sp³-hybridized carbons (Fsp3) is 0. The second-order valence-corrected chi connectivity index (χ2v) is 28.5. The highest BCUT2D eigenvalue weighted by molar-refractivity contribution is 7.22. The Morgan fingerprint density at radius 2 is 0.506 bits per heavy atom. The Kier molecular flexibility index (Phi) is 9.40. The second-order valence-electron chi connectivity index (χ2n) is 21.1. The summed E-state index contributed by atoms with van der Waals surface area (Å²) in [7, 11) is -5.96. The van der Waals surface area contributed by atoms with Crippen LogP contribution in [0.25, 0.3) is 65.8 Å². The van der Waals surface area contributed by atoms with E-state index in [-0.39, 0.29) is 0 Å². The lowest BCUT2D eigenvalue weighted by atomic mass is 10.1.